The van der Waals surface area contributed by atoms with Gasteiger partial charge in [0.25, 0.3) is 21.8 Å². The number of carbonyl (C=O) groups is 2. The highest BCUT2D eigenvalue weighted by molar-refractivity contribution is 8.78. The van der Waals surface area contributed by atoms with Crippen LogP contribution in [0.25, 0.3) is 11.3 Å². The van der Waals surface area contributed by atoms with E-state index in [2.05, 4.69) is 10.3 Å². The van der Waals surface area contributed by atoms with Gasteiger partial charge >= 0.3 is 0 Å². The summed E-state index contributed by atoms with van der Waals surface area (Å²) in [6, 6.07) is 28.8. The molecule has 5 aromatic rings. The van der Waals surface area contributed by atoms with Crippen molar-refractivity contribution >= 4 is 49.1 Å². The molecule has 0 radical (unpaired) electrons. The van der Waals surface area contributed by atoms with Crippen molar-refractivity contribution in [2.75, 3.05) is 32.2 Å². The number of methoxy groups -OCH3 is 2. The minimum atomic E-state index is -4.30. The maximum Gasteiger partial charge on any atom is 0.266 e. The van der Waals surface area contributed by atoms with Gasteiger partial charge in [-0.15, -0.1) is 5.10 Å². The van der Waals surface area contributed by atoms with E-state index in [0.717, 1.165) is 28.1 Å². The molecule has 0 unspecified atom stereocenters. The lowest BCUT2D eigenvalue weighted by molar-refractivity contribution is -0.158. The lowest BCUT2D eigenvalue weighted by Crippen LogP contribution is -2.72. The number of aryl methyl sites for hydroxylation is 1. The molecule has 5 aliphatic heterocycles. The third-order valence-corrected chi connectivity index (χ3v) is 15.9. The van der Waals surface area contributed by atoms with E-state index in [9.17, 15) is 9.59 Å². The van der Waals surface area contributed by atoms with Crippen LogP contribution in [0.4, 0.5) is 5.69 Å². The van der Waals surface area contributed by atoms with Crippen LogP contribution >= 0.6 is 21.6 Å². The van der Waals surface area contributed by atoms with Gasteiger partial charge in [-0.25, -0.2) is 12.7 Å². The largest absolute Gasteiger partial charge is 0.497 e. The first-order valence-electron chi connectivity index (χ1n) is 17.6. The Balaban J connectivity index is 0.993. The number of likely N-dealkylation sites (N-methyl/N-ethyl adjacent to an activating group) is 1. The zero-order chi connectivity index (χ0) is 38.1. The third-order valence-electron chi connectivity index (χ3n) is 10.9. The second kappa shape index (κ2) is 13.2. The van der Waals surface area contributed by atoms with Crippen LogP contribution in [0.2, 0.25) is 0 Å². The van der Waals surface area contributed by atoms with Gasteiger partial charge in [0.05, 0.1) is 43.0 Å². The van der Waals surface area contributed by atoms with Crippen molar-refractivity contribution < 1.29 is 32.2 Å². The molecule has 55 heavy (non-hydrogen) atoms. The van der Waals surface area contributed by atoms with Crippen molar-refractivity contribution in [2.45, 2.75) is 46.1 Å². The van der Waals surface area contributed by atoms with Crippen molar-refractivity contribution in [2.24, 2.45) is 0 Å². The fourth-order valence-corrected chi connectivity index (χ4v) is 13.4. The van der Waals surface area contributed by atoms with Crippen LogP contribution in [-0.4, -0.2) is 89.3 Å². The average Bonchev–Trinajstić information content (AvgIpc) is 3.89. The van der Waals surface area contributed by atoms with Gasteiger partial charge in [-0.05, 0) is 77.9 Å². The van der Waals surface area contributed by atoms with E-state index < -0.39 is 31.8 Å². The molecule has 10 rings (SSSR count). The van der Waals surface area contributed by atoms with E-state index in [1.807, 2.05) is 66.9 Å². The number of sulfonamides is 1. The maximum atomic E-state index is 15.0. The summed E-state index contributed by atoms with van der Waals surface area (Å²) >= 11 is 0. The second-order valence-corrected chi connectivity index (χ2v) is 18.2. The molecular weight excluding hydrogens is 761 g/mol. The summed E-state index contributed by atoms with van der Waals surface area (Å²) in [5.74, 6) is 1.42. The minimum Gasteiger partial charge on any atom is -0.497 e. The van der Waals surface area contributed by atoms with Gasteiger partial charge < -0.3 is 19.1 Å². The third kappa shape index (κ3) is 5.32. The number of amides is 2. The van der Waals surface area contributed by atoms with Crippen LogP contribution in [-0.2, 0) is 31.6 Å². The van der Waals surface area contributed by atoms with Crippen LogP contribution in [0, 0.1) is 0 Å². The molecule has 2 amide bonds. The molecule has 5 aliphatic rings. The van der Waals surface area contributed by atoms with Crippen LogP contribution in [0.3, 0.4) is 0 Å². The number of hydrogen-bond donors (Lipinski definition) is 0. The molecule has 6 heterocycles. The minimum absolute atomic E-state index is 0.0369. The van der Waals surface area contributed by atoms with E-state index in [1.165, 1.54) is 42.9 Å². The zero-order valence-corrected chi connectivity index (χ0v) is 32.5. The summed E-state index contributed by atoms with van der Waals surface area (Å²) < 4.78 is 49.8. The number of para-hydroxylation sites is 1. The molecule has 282 valence electrons. The van der Waals surface area contributed by atoms with Crippen molar-refractivity contribution in [1.82, 2.24) is 24.8 Å². The topological polar surface area (TPSA) is 136 Å². The number of aromatic nitrogens is 3. The Morgan fingerprint density at radius 2 is 1.55 bits per heavy atom. The smallest absolute Gasteiger partial charge is 0.266 e. The summed E-state index contributed by atoms with van der Waals surface area (Å²) in [7, 11) is 3.25. The Bertz CT molecular complexity index is 2410. The Labute approximate surface area is 326 Å². The van der Waals surface area contributed by atoms with Gasteiger partial charge in [-0.2, -0.15) is 0 Å². The van der Waals surface area contributed by atoms with E-state index in [-0.39, 0.29) is 23.1 Å². The Morgan fingerprint density at radius 3 is 2.25 bits per heavy atom. The predicted octanol–water partition coefficient (Wildman–Crippen LogP) is 5.37. The molecule has 4 atom stereocenters. The highest BCUT2D eigenvalue weighted by atomic mass is 33.1. The Morgan fingerprint density at radius 1 is 0.873 bits per heavy atom. The zero-order valence-electron chi connectivity index (χ0n) is 30.1. The lowest BCUT2D eigenvalue weighted by Gasteiger charge is -2.53. The molecule has 1 aromatic heterocycles. The molecule has 0 saturated carbocycles. The lowest BCUT2D eigenvalue weighted by atomic mass is 9.72. The maximum absolute atomic E-state index is 15.0. The molecule has 2 bridgehead atoms. The SMILES string of the molecule is COc1ccc(-c2cn(CCCOc3ccc(S(=O)(=O)N4c5ccccc5[C@@]5(c6ccc(OC)cc6)C[C@@]67SS[C@@H](C(=O)N6[C@@H]45)N(C)C7=O)cc3)nn2)cc1. The molecule has 1 spiro atoms. The van der Waals surface area contributed by atoms with Crippen molar-refractivity contribution in [3.05, 3.63) is 114 Å². The molecule has 0 N–H and O–H groups in total. The number of carbonyl (C=O) groups excluding carboxylic acids is 2. The van der Waals surface area contributed by atoms with Gasteiger partial charge in [0, 0.05) is 32.0 Å². The number of nitrogens with zero attached hydrogens (tertiary/aromatic N) is 6. The molecule has 0 aliphatic carbocycles. The number of rotatable bonds is 11. The van der Waals surface area contributed by atoms with E-state index in [1.54, 1.807) is 55.1 Å². The van der Waals surface area contributed by atoms with Crippen molar-refractivity contribution in [1.29, 1.82) is 0 Å². The fourth-order valence-electron chi connectivity index (χ4n) is 8.26. The Hall–Kier alpha value is -5.19. The summed E-state index contributed by atoms with van der Waals surface area (Å²) in [5.41, 5.74) is 2.62. The number of fused-ring (bicyclic) bond motifs is 5. The average molecular weight is 797 g/mol. The van der Waals surface area contributed by atoms with Crippen molar-refractivity contribution in [3.63, 3.8) is 0 Å². The van der Waals surface area contributed by atoms with Gasteiger partial charge in [0.2, 0.25) is 0 Å². The molecular formula is C39H36N6O7S3. The first kappa shape index (κ1) is 35.5. The summed E-state index contributed by atoms with van der Waals surface area (Å²) in [5, 5.41) is 7.74. The van der Waals surface area contributed by atoms with Gasteiger partial charge in [0.1, 0.15) is 29.1 Å². The second-order valence-electron chi connectivity index (χ2n) is 13.8. The van der Waals surface area contributed by atoms with Gasteiger partial charge in [0.15, 0.2) is 10.2 Å². The number of piperazine rings is 1. The van der Waals surface area contributed by atoms with Gasteiger partial charge in [-0.3, -0.25) is 19.2 Å². The monoisotopic (exact) mass is 796 g/mol. The van der Waals surface area contributed by atoms with Crippen LogP contribution < -0.4 is 18.5 Å². The highest BCUT2D eigenvalue weighted by Gasteiger charge is 2.77. The molecule has 16 heteroatoms. The first-order valence-corrected chi connectivity index (χ1v) is 21.3. The molecule has 13 nitrogen and oxygen atoms in total. The van der Waals surface area contributed by atoms with Crippen LogP contribution in [0.15, 0.2) is 108 Å². The number of ether oxygens (including phenoxy) is 3. The summed E-state index contributed by atoms with van der Waals surface area (Å²) in [6.07, 6.45) is 1.68. The normalized spacial score (nSPS) is 23.8. The van der Waals surface area contributed by atoms with Gasteiger partial charge in [-0.1, -0.05) is 57.1 Å². The summed E-state index contributed by atoms with van der Waals surface area (Å²) in [6.45, 7) is 0.947. The Kier molecular flexibility index (Phi) is 8.55. The highest BCUT2D eigenvalue weighted by Crippen LogP contribution is 2.69. The van der Waals surface area contributed by atoms with Crippen LogP contribution in [0.5, 0.6) is 17.2 Å². The quantitative estimate of drug-likeness (QED) is 0.126. The van der Waals surface area contributed by atoms with Crippen LogP contribution in [0.1, 0.15) is 24.0 Å². The summed E-state index contributed by atoms with van der Waals surface area (Å²) in [4.78, 5) is 30.3. The molecule has 4 aromatic carbocycles. The standard InChI is InChI=1S/C39H36N6O7S3/c1-42-35-34(46)44-36-38(24-39(44,37(42)47)54-53-35,26-11-15-28(51-3)16-12-26)31-7-4-5-8-33(31)45(36)55(48,49)30-19-17-29(18-20-30)52-22-6-21-43-23-32(40-41-43)25-9-13-27(50-2)14-10-25/h4-5,7-20,23,35-36H,6,21-22,24H2,1-3H3/t35-,36-,38-,39-/m0/s1. The molecule has 4 fully saturated rings. The number of anilines is 1. The van der Waals surface area contributed by atoms with E-state index in [0.29, 0.717) is 36.8 Å². The number of benzene rings is 4. The van der Waals surface area contributed by atoms with E-state index >= 15 is 8.42 Å². The van der Waals surface area contributed by atoms with E-state index in [4.69, 9.17) is 14.2 Å². The first-order chi connectivity index (χ1) is 26.6. The fraction of sp³-hybridized carbons (Fsp3) is 0.282. The molecule has 4 saturated heterocycles. The number of hydrogen-bond acceptors (Lipinski definition) is 11. The predicted molar refractivity (Wildman–Crippen MR) is 208 cm³/mol. The van der Waals surface area contributed by atoms with Crippen molar-refractivity contribution in [3.8, 4) is 28.5 Å².